The number of likely N-dealkylation sites (N-methyl/N-ethyl adjacent to an activating group) is 1. The molecule has 0 N–H and O–H groups in total. The summed E-state index contributed by atoms with van der Waals surface area (Å²) in [4.78, 5) is 4.57. The van der Waals surface area contributed by atoms with E-state index in [4.69, 9.17) is 4.74 Å². The van der Waals surface area contributed by atoms with Gasteiger partial charge in [0.2, 0.25) is 0 Å². The molecule has 16 heavy (non-hydrogen) atoms. The molecule has 3 heteroatoms. The topological polar surface area (TPSA) is 15.7 Å². The lowest BCUT2D eigenvalue weighted by molar-refractivity contribution is 0.0405. The lowest BCUT2D eigenvalue weighted by Gasteiger charge is -2.24. The van der Waals surface area contributed by atoms with E-state index in [0.717, 1.165) is 26.3 Å². The minimum Gasteiger partial charge on any atom is -0.379 e. The molecular weight excluding hydrogens is 200 g/mol. The molecule has 0 atom stereocenters. The SMILES string of the molecule is CC.CCCN(C)C.CCN1CCOCC1. The molecule has 100 valence electrons. The Bertz CT molecular complexity index is 113. The Kier molecular flexibility index (Phi) is 17.0. The molecular formula is C13H32N2O. The van der Waals surface area contributed by atoms with E-state index in [0.29, 0.717) is 0 Å². The number of ether oxygens (including phenoxy) is 1. The maximum absolute atomic E-state index is 5.16. The third-order valence-corrected chi connectivity index (χ3v) is 2.22. The third kappa shape index (κ3) is 13.9. The van der Waals surface area contributed by atoms with Crippen molar-refractivity contribution in [1.29, 1.82) is 0 Å². The molecule has 0 aliphatic carbocycles. The predicted octanol–water partition coefficient (Wildman–Crippen LogP) is 2.32. The van der Waals surface area contributed by atoms with E-state index in [1.165, 1.54) is 19.5 Å². The number of morpholine rings is 1. The zero-order chi connectivity index (χ0) is 12.8. The number of nitrogens with zero attached hydrogens (tertiary/aromatic N) is 2. The Hall–Kier alpha value is -0.120. The molecule has 0 bridgehead atoms. The van der Waals surface area contributed by atoms with E-state index in [-0.39, 0.29) is 0 Å². The van der Waals surface area contributed by atoms with Gasteiger partial charge in [-0.2, -0.15) is 0 Å². The minimum atomic E-state index is 0.924. The van der Waals surface area contributed by atoms with Gasteiger partial charge in [-0.1, -0.05) is 27.7 Å². The maximum atomic E-state index is 5.16. The van der Waals surface area contributed by atoms with Gasteiger partial charge in [0.15, 0.2) is 0 Å². The Morgan fingerprint density at radius 3 is 1.75 bits per heavy atom. The normalized spacial score (nSPS) is 15.9. The van der Waals surface area contributed by atoms with Crippen LogP contribution in [0.25, 0.3) is 0 Å². The van der Waals surface area contributed by atoms with Gasteiger partial charge in [0.05, 0.1) is 13.2 Å². The Balaban J connectivity index is 0. The van der Waals surface area contributed by atoms with Crippen LogP contribution in [0, 0.1) is 0 Å². The molecule has 0 aromatic heterocycles. The zero-order valence-corrected chi connectivity index (χ0v) is 12.3. The van der Waals surface area contributed by atoms with Gasteiger partial charge < -0.3 is 9.64 Å². The van der Waals surface area contributed by atoms with Crippen LogP contribution in [0.5, 0.6) is 0 Å². The number of hydrogen-bond acceptors (Lipinski definition) is 3. The summed E-state index contributed by atoms with van der Waals surface area (Å²) < 4.78 is 5.16. The van der Waals surface area contributed by atoms with E-state index in [9.17, 15) is 0 Å². The van der Waals surface area contributed by atoms with Crippen LogP contribution in [-0.4, -0.2) is 63.3 Å². The molecule has 0 aromatic rings. The molecule has 0 unspecified atom stereocenters. The first-order valence-electron chi connectivity index (χ1n) is 6.65. The van der Waals surface area contributed by atoms with Crippen molar-refractivity contribution in [3.05, 3.63) is 0 Å². The summed E-state index contributed by atoms with van der Waals surface area (Å²) in [7, 11) is 4.17. The lowest BCUT2D eigenvalue weighted by atomic mass is 10.4. The second-order valence-electron chi connectivity index (χ2n) is 3.85. The molecule has 0 saturated carbocycles. The Labute approximate surface area is 103 Å². The number of hydrogen-bond donors (Lipinski definition) is 0. The van der Waals surface area contributed by atoms with Crippen LogP contribution in [0.3, 0.4) is 0 Å². The van der Waals surface area contributed by atoms with Crippen LogP contribution in [0.4, 0.5) is 0 Å². The standard InChI is InChI=1S/C6H13NO.C5H13N.C2H6/c1-2-7-3-5-8-6-4-7;1-4-5-6(2)3;1-2/h2-6H2,1H3;4-5H2,1-3H3;1-2H3. The second-order valence-corrected chi connectivity index (χ2v) is 3.85. The predicted molar refractivity (Wildman–Crippen MR) is 73.1 cm³/mol. The van der Waals surface area contributed by atoms with E-state index >= 15 is 0 Å². The molecule has 3 nitrogen and oxygen atoms in total. The highest BCUT2D eigenvalue weighted by Crippen LogP contribution is 1.93. The highest BCUT2D eigenvalue weighted by Gasteiger charge is 2.05. The first-order chi connectivity index (χ1) is 7.70. The Morgan fingerprint density at radius 1 is 1.06 bits per heavy atom. The quantitative estimate of drug-likeness (QED) is 0.743. The van der Waals surface area contributed by atoms with Crippen LogP contribution in [0.15, 0.2) is 0 Å². The molecule has 0 aromatic carbocycles. The smallest absolute Gasteiger partial charge is 0.0594 e. The average molecular weight is 232 g/mol. The molecule has 1 fully saturated rings. The van der Waals surface area contributed by atoms with E-state index in [2.05, 4.69) is 37.7 Å². The molecule has 1 saturated heterocycles. The third-order valence-electron chi connectivity index (χ3n) is 2.22. The number of rotatable bonds is 3. The molecule has 1 aliphatic rings. The van der Waals surface area contributed by atoms with Crippen LogP contribution >= 0.6 is 0 Å². The minimum absolute atomic E-state index is 0.924. The summed E-state index contributed by atoms with van der Waals surface area (Å²) in [5, 5.41) is 0. The van der Waals surface area contributed by atoms with Crippen LogP contribution < -0.4 is 0 Å². The van der Waals surface area contributed by atoms with E-state index < -0.39 is 0 Å². The van der Waals surface area contributed by atoms with Gasteiger partial charge in [-0.15, -0.1) is 0 Å². The molecule has 1 rings (SSSR count). The van der Waals surface area contributed by atoms with Crippen molar-refractivity contribution >= 4 is 0 Å². The lowest BCUT2D eigenvalue weighted by Crippen LogP contribution is -2.35. The largest absolute Gasteiger partial charge is 0.379 e. The van der Waals surface area contributed by atoms with Crippen molar-refractivity contribution in [1.82, 2.24) is 9.80 Å². The van der Waals surface area contributed by atoms with Gasteiger partial charge in [-0.25, -0.2) is 0 Å². The molecule has 0 amide bonds. The van der Waals surface area contributed by atoms with Crippen molar-refractivity contribution in [3.63, 3.8) is 0 Å². The first-order valence-corrected chi connectivity index (χ1v) is 6.65. The summed E-state index contributed by atoms with van der Waals surface area (Å²) in [6, 6.07) is 0. The monoisotopic (exact) mass is 232 g/mol. The van der Waals surface area contributed by atoms with E-state index in [1.807, 2.05) is 13.8 Å². The molecule has 1 aliphatic heterocycles. The van der Waals surface area contributed by atoms with Crippen LogP contribution in [0.1, 0.15) is 34.1 Å². The van der Waals surface area contributed by atoms with Gasteiger partial charge in [0.25, 0.3) is 0 Å². The van der Waals surface area contributed by atoms with Crippen LogP contribution in [-0.2, 0) is 4.74 Å². The average Bonchev–Trinajstić information content (AvgIpc) is 2.33. The highest BCUT2D eigenvalue weighted by molar-refractivity contribution is 4.57. The van der Waals surface area contributed by atoms with E-state index in [1.54, 1.807) is 0 Å². The second kappa shape index (κ2) is 14.9. The fourth-order valence-corrected chi connectivity index (χ4v) is 1.36. The highest BCUT2D eigenvalue weighted by atomic mass is 16.5. The fourth-order valence-electron chi connectivity index (χ4n) is 1.36. The van der Waals surface area contributed by atoms with Gasteiger partial charge in [-0.05, 0) is 33.6 Å². The van der Waals surface area contributed by atoms with Crippen LogP contribution in [0.2, 0.25) is 0 Å². The molecule has 0 spiro atoms. The summed E-state index contributed by atoms with van der Waals surface area (Å²) >= 11 is 0. The first kappa shape index (κ1) is 18.3. The van der Waals surface area contributed by atoms with Crippen molar-refractivity contribution < 1.29 is 4.74 Å². The van der Waals surface area contributed by atoms with Crippen molar-refractivity contribution in [2.45, 2.75) is 34.1 Å². The molecule has 1 heterocycles. The van der Waals surface area contributed by atoms with Gasteiger partial charge >= 0.3 is 0 Å². The summed E-state index contributed by atoms with van der Waals surface area (Å²) in [6.45, 7) is 14.8. The molecule has 0 radical (unpaired) electrons. The van der Waals surface area contributed by atoms with Gasteiger partial charge in [-0.3, -0.25) is 4.90 Å². The summed E-state index contributed by atoms with van der Waals surface area (Å²) in [5.41, 5.74) is 0. The van der Waals surface area contributed by atoms with Crippen molar-refractivity contribution in [2.75, 3.05) is 53.5 Å². The van der Waals surface area contributed by atoms with Crippen molar-refractivity contribution in [2.24, 2.45) is 0 Å². The van der Waals surface area contributed by atoms with Crippen molar-refractivity contribution in [3.8, 4) is 0 Å². The van der Waals surface area contributed by atoms with Gasteiger partial charge in [0, 0.05) is 13.1 Å². The Morgan fingerprint density at radius 2 is 1.56 bits per heavy atom. The fraction of sp³-hybridized carbons (Fsp3) is 1.00. The van der Waals surface area contributed by atoms with Gasteiger partial charge in [0.1, 0.15) is 0 Å². The maximum Gasteiger partial charge on any atom is 0.0594 e. The zero-order valence-electron chi connectivity index (χ0n) is 12.3. The summed E-state index contributed by atoms with van der Waals surface area (Å²) in [5.74, 6) is 0. The summed E-state index contributed by atoms with van der Waals surface area (Å²) in [6.07, 6.45) is 1.26.